The summed E-state index contributed by atoms with van der Waals surface area (Å²) < 4.78 is 41.2. The van der Waals surface area contributed by atoms with Crippen molar-refractivity contribution < 1.29 is 17.9 Å². The molecule has 1 N–H and O–H groups in total. The average Bonchev–Trinajstić information content (AvgIpc) is 3.10. The van der Waals surface area contributed by atoms with Gasteiger partial charge < -0.3 is 4.74 Å². The van der Waals surface area contributed by atoms with Gasteiger partial charge in [0.25, 0.3) is 0 Å². The van der Waals surface area contributed by atoms with E-state index in [1.807, 2.05) is 0 Å². The molecule has 3 nitrogen and oxygen atoms in total. The maximum atomic E-state index is 12.1. The van der Waals surface area contributed by atoms with Gasteiger partial charge in [-0.25, -0.2) is 0 Å². The van der Waals surface area contributed by atoms with Crippen molar-refractivity contribution in [2.24, 2.45) is 0 Å². The lowest BCUT2D eigenvalue weighted by Gasteiger charge is -2.36. The van der Waals surface area contributed by atoms with Crippen molar-refractivity contribution in [3.63, 3.8) is 0 Å². The largest absolute Gasteiger partial charge is 0.411 e. The predicted molar refractivity (Wildman–Crippen MR) is 58.8 cm³/mol. The molecule has 0 heterocycles. The zero-order valence-corrected chi connectivity index (χ0v) is 10.1. The van der Waals surface area contributed by atoms with Gasteiger partial charge in [0, 0.05) is 12.5 Å². The quantitative estimate of drug-likeness (QED) is 0.846. The second-order valence-electron chi connectivity index (χ2n) is 5.26. The van der Waals surface area contributed by atoms with Crippen LogP contribution in [0.25, 0.3) is 0 Å². The highest BCUT2D eigenvalue weighted by Gasteiger charge is 2.41. The first kappa shape index (κ1) is 13.6. The monoisotopic (exact) mass is 262 g/mol. The Kier molecular flexibility index (Phi) is 3.83. The molecule has 0 amide bonds. The highest BCUT2D eigenvalue weighted by atomic mass is 19.4. The SMILES string of the molecule is N#CC1(NC2CC2)CCCC(OCC(F)(F)F)C1. The van der Waals surface area contributed by atoms with Crippen LogP contribution in [-0.2, 0) is 4.74 Å². The smallest absolute Gasteiger partial charge is 0.369 e. The van der Waals surface area contributed by atoms with E-state index >= 15 is 0 Å². The molecule has 0 bridgehead atoms. The van der Waals surface area contributed by atoms with E-state index < -0.39 is 24.4 Å². The second kappa shape index (κ2) is 5.06. The van der Waals surface area contributed by atoms with Crippen LogP contribution in [-0.4, -0.2) is 30.5 Å². The highest BCUT2D eigenvalue weighted by molar-refractivity contribution is 5.12. The fraction of sp³-hybridized carbons (Fsp3) is 0.917. The van der Waals surface area contributed by atoms with E-state index in [1.165, 1.54) is 0 Å². The van der Waals surface area contributed by atoms with Crippen LogP contribution in [0.3, 0.4) is 0 Å². The summed E-state index contributed by atoms with van der Waals surface area (Å²) in [4.78, 5) is 0. The number of hydrogen-bond donors (Lipinski definition) is 1. The van der Waals surface area contributed by atoms with E-state index in [1.54, 1.807) is 0 Å². The van der Waals surface area contributed by atoms with Crippen molar-refractivity contribution in [3.05, 3.63) is 0 Å². The summed E-state index contributed by atoms with van der Waals surface area (Å²) in [6.07, 6.45) is -0.263. The van der Waals surface area contributed by atoms with Gasteiger partial charge in [-0.15, -0.1) is 0 Å². The summed E-state index contributed by atoms with van der Waals surface area (Å²) >= 11 is 0. The first-order chi connectivity index (χ1) is 8.42. The summed E-state index contributed by atoms with van der Waals surface area (Å²) in [5, 5.41) is 12.5. The van der Waals surface area contributed by atoms with Crippen LogP contribution in [0.5, 0.6) is 0 Å². The van der Waals surface area contributed by atoms with Crippen molar-refractivity contribution in [2.45, 2.75) is 62.4 Å². The summed E-state index contributed by atoms with van der Waals surface area (Å²) in [6.45, 7) is -1.22. The minimum absolute atomic E-state index is 0.357. The van der Waals surface area contributed by atoms with E-state index in [9.17, 15) is 18.4 Å². The van der Waals surface area contributed by atoms with Gasteiger partial charge in [-0.2, -0.15) is 18.4 Å². The molecule has 0 aromatic carbocycles. The molecule has 0 spiro atoms. The van der Waals surface area contributed by atoms with E-state index in [2.05, 4.69) is 11.4 Å². The molecule has 102 valence electrons. The Morgan fingerprint density at radius 3 is 2.61 bits per heavy atom. The third-order valence-corrected chi connectivity index (χ3v) is 3.46. The Bertz CT molecular complexity index is 335. The Balaban J connectivity index is 1.88. The van der Waals surface area contributed by atoms with Crippen LogP contribution >= 0.6 is 0 Å². The first-order valence-corrected chi connectivity index (χ1v) is 6.30. The third-order valence-electron chi connectivity index (χ3n) is 3.46. The number of halogens is 3. The third kappa shape index (κ3) is 3.85. The molecule has 2 fully saturated rings. The molecular formula is C12H17F3N2O. The zero-order chi connectivity index (χ0) is 13.2. The summed E-state index contributed by atoms with van der Waals surface area (Å²) in [6, 6.07) is 2.61. The van der Waals surface area contributed by atoms with Crippen molar-refractivity contribution >= 4 is 0 Å². The summed E-state index contributed by atoms with van der Waals surface area (Å²) in [5.41, 5.74) is -0.685. The molecule has 0 aromatic rings. The molecule has 0 aliphatic heterocycles. The predicted octanol–water partition coefficient (Wildman–Crippen LogP) is 2.52. The molecule has 18 heavy (non-hydrogen) atoms. The molecule has 0 radical (unpaired) electrons. The fourth-order valence-corrected chi connectivity index (χ4v) is 2.46. The van der Waals surface area contributed by atoms with Crippen molar-refractivity contribution in [1.82, 2.24) is 5.32 Å². The van der Waals surface area contributed by atoms with Gasteiger partial charge in [0.15, 0.2) is 0 Å². The average molecular weight is 262 g/mol. The second-order valence-corrected chi connectivity index (χ2v) is 5.26. The van der Waals surface area contributed by atoms with Gasteiger partial charge in [0.1, 0.15) is 12.1 Å². The molecule has 6 heteroatoms. The number of nitriles is 1. The van der Waals surface area contributed by atoms with E-state index in [0.29, 0.717) is 25.3 Å². The van der Waals surface area contributed by atoms with Crippen LogP contribution < -0.4 is 5.32 Å². The van der Waals surface area contributed by atoms with Crippen LogP contribution in [0.1, 0.15) is 38.5 Å². The van der Waals surface area contributed by atoms with E-state index in [-0.39, 0.29) is 0 Å². The van der Waals surface area contributed by atoms with Gasteiger partial charge in [-0.1, -0.05) is 0 Å². The number of nitrogens with one attached hydrogen (secondary N) is 1. The Hall–Kier alpha value is -0.800. The Labute approximate surface area is 104 Å². The van der Waals surface area contributed by atoms with Crippen LogP contribution in [0.15, 0.2) is 0 Å². The molecule has 2 unspecified atom stereocenters. The Morgan fingerprint density at radius 1 is 1.33 bits per heavy atom. The van der Waals surface area contributed by atoms with Gasteiger partial charge in [0.05, 0.1) is 12.2 Å². The van der Waals surface area contributed by atoms with Crippen LogP contribution in [0, 0.1) is 11.3 Å². The molecular weight excluding hydrogens is 245 g/mol. The summed E-state index contributed by atoms with van der Waals surface area (Å²) in [7, 11) is 0. The normalized spacial score (nSPS) is 33.1. The van der Waals surface area contributed by atoms with Crippen LogP contribution in [0.4, 0.5) is 13.2 Å². The molecule has 0 aromatic heterocycles. The van der Waals surface area contributed by atoms with Crippen molar-refractivity contribution in [3.8, 4) is 6.07 Å². The first-order valence-electron chi connectivity index (χ1n) is 6.30. The van der Waals surface area contributed by atoms with E-state index in [4.69, 9.17) is 4.74 Å². The fourth-order valence-electron chi connectivity index (χ4n) is 2.46. The minimum atomic E-state index is -4.29. The molecule has 2 rings (SSSR count). The van der Waals surface area contributed by atoms with Gasteiger partial charge >= 0.3 is 6.18 Å². The number of nitrogens with zero attached hydrogens (tertiary/aromatic N) is 1. The van der Waals surface area contributed by atoms with Crippen molar-refractivity contribution in [2.75, 3.05) is 6.61 Å². The molecule has 0 saturated heterocycles. The number of ether oxygens (including phenoxy) is 1. The number of hydrogen-bond acceptors (Lipinski definition) is 3. The van der Waals surface area contributed by atoms with E-state index in [0.717, 1.165) is 19.3 Å². The van der Waals surface area contributed by atoms with Crippen molar-refractivity contribution in [1.29, 1.82) is 5.26 Å². The van der Waals surface area contributed by atoms with Gasteiger partial charge in [0.2, 0.25) is 0 Å². The standard InChI is InChI=1S/C12H17F3N2O/c13-12(14,15)8-18-10-2-1-5-11(6-10,7-16)17-9-3-4-9/h9-10,17H,1-6,8H2. The van der Waals surface area contributed by atoms with Gasteiger partial charge in [-0.3, -0.25) is 5.32 Å². The Morgan fingerprint density at radius 2 is 2.06 bits per heavy atom. The lowest BCUT2D eigenvalue weighted by Crippen LogP contribution is -2.50. The lowest BCUT2D eigenvalue weighted by molar-refractivity contribution is -0.189. The summed E-state index contributed by atoms with van der Waals surface area (Å²) in [5.74, 6) is 0. The number of alkyl halides is 3. The molecule has 2 atom stereocenters. The minimum Gasteiger partial charge on any atom is -0.369 e. The topological polar surface area (TPSA) is 45.0 Å². The molecule has 2 aliphatic carbocycles. The molecule has 2 saturated carbocycles. The highest BCUT2D eigenvalue weighted by Crippen LogP contribution is 2.34. The number of rotatable bonds is 4. The van der Waals surface area contributed by atoms with Gasteiger partial charge in [-0.05, 0) is 32.1 Å². The molecule has 2 aliphatic rings. The lowest BCUT2D eigenvalue weighted by atomic mass is 9.81. The zero-order valence-electron chi connectivity index (χ0n) is 10.1. The maximum absolute atomic E-state index is 12.1. The maximum Gasteiger partial charge on any atom is 0.411 e. The van der Waals surface area contributed by atoms with Crippen LogP contribution in [0.2, 0.25) is 0 Å².